The van der Waals surface area contributed by atoms with Crippen molar-refractivity contribution in [3.63, 3.8) is 0 Å². The Morgan fingerprint density at radius 2 is 1.93 bits per heavy atom. The van der Waals surface area contributed by atoms with E-state index < -0.39 is 30.2 Å². The van der Waals surface area contributed by atoms with Crippen molar-refractivity contribution in [2.75, 3.05) is 6.61 Å². The number of hydrogen-bond donors (Lipinski definition) is 2. The van der Waals surface area contributed by atoms with E-state index in [9.17, 15) is 17.6 Å². The fourth-order valence-corrected chi connectivity index (χ4v) is 1.15. The van der Waals surface area contributed by atoms with Gasteiger partial charge in [-0.05, 0) is 6.07 Å². The number of benzene rings is 1. The number of halogens is 4. The molecule has 0 fully saturated rings. The van der Waals surface area contributed by atoms with E-state index in [1.165, 1.54) is 0 Å². The first kappa shape index (κ1) is 11.9. The van der Waals surface area contributed by atoms with Gasteiger partial charge < -0.3 is 10.8 Å². The first-order valence-electron chi connectivity index (χ1n) is 4.10. The molecule has 0 spiro atoms. The summed E-state index contributed by atoms with van der Waals surface area (Å²) in [6, 6.07) is 1.65. The van der Waals surface area contributed by atoms with Crippen LogP contribution in [0.5, 0.6) is 0 Å². The van der Waals surface area contributed by atoms with Gasteiger partial charge in [-0.3, -0.25) is 0 Å². The highest BCUT2D eigenvalue weighted by Crippen LogP contribution is 2.33. The second-order valence-electron chi connectivity index (χ2n) is 3.00. The van der Waals surface area contributed by atoms with Crippen LogP contribution in [0.4, 0.5) is 17.6 Å². The van der Waals surface area contributed by atoms with Crippen LogP contribution in [-0.2, 0) is 6.18 Å². The second kappa shape index (κ2) is 4.16. The molecular formula is C9H9F4NO. The standard InChI is InChI=1S/C9H9F4NO/c10-8-5(7(14)4-15)2-1-3-6(8)9(11,12)13/h1-3,7,15H,4,14H2/t7-/m1/s1. The minimum absolute atomic E-state index is 0.340. The summed E-state index contributed by atoms with van der Waals surface area (Å²) in [5.74, 6) is -1.42. The molecule has 0 aliphatic heterocycles. The highest BCUT2D eigenvalue weighted by Gasteiger charge is 2.35. The molecule has 3 N–H and O–H groups in total. The second-order valence-corrected chi connectivity index (χ2v) is 3.00. The number of hydrogen-bond acceptors (Lipinski definition) is 2. The molecule has 0 bridgehead atoms. The van der Waals surface area contributed by atoms with Crippen molar-refractivity contribution in [2.24, 2.45) is 5.73 Å². The van der Waals surface area contributed by atoms with Crippen LogP contribution in [-0.4, -0.2) is 11.7 Å². The maximum atomic E-state index is 13.3. The van der Waals surface area contributed by atoms with Gasteiger partial charge in [0.25, 0.3) is 0 Å². The fraction of sp³-hybridized carbons (Fsp3) is 0.333. The Balaban J connectivity index is 3.23. The monoisotopic (exact) mass is 223 g/mol. The zero-order valence-corrected chi connectivity index (χ0v) is 7.55. The predicted molar refractivity (Wildman–Crippen MR) is 45.4 cm³/mol. The molecule has 2 nitrogen and oxygen atoms in total. The number of aliphatic hydroxyl groups is 1. The summed E-state index contributed by atoms with van der Waals surface area (Å²) in [4.78, 5) is 0. The minimum atomic E-state index is -4.75. The molecule has 0 radical (unpaired) electrons. The van der Waals surface area contributed by atoms with Crippen molar-refractivity contribution in [1.29, 1.82) is 0 Å². The van der Waals surface area contributed by atoms with Crippen molar-refractivity contribution in [3.8, 4) is 0 Å². The van der Waals surface area contributed by atoms with Gasteiger partial charge in [0.15, 0.2) is 0 Å². The molecule has 1 aromatic rings. The third-order valence-corrected chi connectivity index (χ3v) is 1.93. The molecule has 0 heterocycles. The van der Waals surface area contributed by atoms with E-state index in [2.05, 4.69) is 0 Å². The van der Waals surface area contributed by atoms with Crippen LogP contribution < -0.4 is 5.73 Å². The summed E-state index contributed by atoms with van der Waals surface area (Å²) in [7, 11) is 0. The SMILES string of the molecule is N[C@H](CO)c1cccc(C(F)(F)F)c1F. The Kier molecular flexibility index (Phi) is 3.31. The zero-order chi connectivity index (χ0) is 11.6. The van der Waals surface area contributed by atoms with Gasteiger partial charge in [-0.2, -0.15) is 13.2 Å². The van der Waals surface area contributed by atoms with Crippen LogP contribution in [0.3, 0.4) is 0 Å². The highest BCUT2D eigenvalue weighted by molar-refractivity contribution is 5.30. The van der Waals surface area contributed by atoms with Gasteiger partial charge in [-0.1, -0.05) is 12.1 Å². The molecule has 0 saturated heterocycles. The Hall–Kier alpha value is -1.14. The largest absolute Gasteiger partial charge is 0.419 e. The lowest BCUT2D eigenvalue weighted by molar-refractivity contribution is -0.140. The molecule has 0 saturated carbocycles. The molecule has 0 aromatic heterocycles. The molecule has 0 aliphatic rings. The number of rotatable bonds is 2. The van der Waals surface area contributed by atoms with Crippen molar-refractivity contribution < 1.29 is 22.7 Å². The third-order valence-electron chi connectivity index (χ3n) is 1.93. The Morgan fingerprint density at radius 1 is 1.33 bits per heavy atom. The number of alkyl halides is 3. The van der Waals surface area contributed by atoms with E-state index in [1.54, 1.807) is 0 Å². The van der Waals surface area contributed by atoms with E-state index >= 15 is 0 Å². The van der Waals surface area contributed by atoms with Crippen LogP contribution in [0.25, 0.3) is 0 Å². The molecule has 1 rings (SSSR count). The molecule has 1 atom stereocenters. The lowest BCUT2D eigenvalue weighted by atomic mass is 10.0. The van der Waals surface area contributed by atoms with Gasteiger partial charge in [0.2, 0.25) is 0 Å². The minimum Gasteiger partial charge on any atom is -0.394 e. The average molecular weight is 223 g/mol. The Labute approximate surface area is 83.3 Å². The number of nitrogens with two attached hydrogens (primary N) is 1. The first-order valence-corrected chi connectivity index (χ1v) is 4.10. The summed E-state index contributed by atoms with van der Waals surface area (Å²) < 4.78 is 50.1. The Morgan fingerprint density at radius 3 is 2.40 bits per heavy atom. The fourth-order valence-electron chi connectivity index (χ4n) is 1.15. The van der Waals surface area contributed by atoms with Gasteiger partial charge in [-0.25, -0.2) is 4.39 Å². The van der Waals surface area contributed by atoms with Crippen LogP contribution in [0, 0.1) is 5.82 Å². The van der Waals surface area contributed by atoms with Crippen molar-refractivity contribution in [3.05, 3.63) is 35.1 Å². The summed E-state index contributed by atoms with van der Waals surface area (Å²) in [5.41, 5.74) is 3.54. The van der Waals surface area contributed by atoms with Crippen LogP contribution >= 0.6 is 0 Å². The molecule has 0 amide bonds. The van der Waals surface area contributed by atoms with Gasteiger partial charge >= 0.3 is 6.18 Å². The van der Waals surface area contributed by atoms with E-state index in [0.29, 0.717) is 6.07 Å². The summed E-state index contributed by atoms with van der Waals surface area (Å²) in [5, 5.41) is 8.63. The summed E-state index contributed by atoms with van der Waals surface area (Å²) >= 11 is 0. The molecule has 6 heteroatoms. The molecule has 1 aromatic carbocycles. The van der Waals surface area contributed by atoms with Crippen molar-refractivity contribution in [1.82, 2.24) is 0 Å². The van der Waals surface area contributed by atoms with Crippen LogP contribution in [0.2, 0.25) is 0 Å². The van der Waals surface area contributed by atoms with Gasteiger partial charge in [-0.15, -0.1) is 0 Å². The van der Waals surface area contributed by atoms with Gasteiger partial charge in [0, 0.05) is 5.56 Å². The highest BCUT2D eigenvalue weighted by atomic mass is 19.4. The van der Waals surface area contributed by atoms with Crippen LogP contribution in [0.15, 0.2) is 18.2 Å². The van der Waals surface area contributed by atoms with Gasteiger partial charge in [0.05, 0.1) is 18.2 Å². The van der Waals surface area contributed by atoms with E-state index in [1.807, 2.05) is 0 Å². The van der Waals surface area contributed by atoms with Crippen LogP contribution in [0.1, 0.15) is 17.2 Å². The van der Waals surface area contributed by atoms with E-state index in [4.69, 9.17) is 10.8 Å². The molecule has 15 heavy (non-hydrogen) atoms. The lowest BCUT2D eigenvalue weighted by Crippen LogP contribution is -2.18. The molecule has 84 valence electrons. The Bertz CT molecular complexity index is 350. The maximum Gasteiger partial charge on any atom is 0.419 e. The summed E-state index contributed by atoms with van der Waals surface area (Å²) in [6.45, 7) is -0.613. The quantitative estimate of drug-likeness (QED) is 0.751. The summed E-state index contributed by atoms with van der Waals surface area (Å²) in [6.07, 6.45) is -4.75. The van der Waals surface area contributed by atoms with Crippen molar-refractivity contribution >= 4 is 0 Å². The number of aliphatic hydroxyl groups excluding tert-OH is 1. The van der Waals surface area contributed by atoms with Gasteiger partial charge in [0.1, 0.15) is 5.82 Å². The molecule has 0 unspecified atom stereocenters. The first-order chi connectivity index (χ1) is 6.88. The third kappa shape index (κ3) is 2.45. The molecule has 0 aliphatic carbocycles. The topological polar surface area (TPSA) is 46.2 Å². The zero-order valence-electron chi connectivity index (χ0n) is 7.55. The smallest absolute Gasteiger partial charge is 0.394 e. The average Bonchev–Trinajstić information content (AvgIpc) is 2.15. The predicted octanol–water partition coefficient (Wildman–Crippen LogP) is 1.84. The van der Waals surface area contributed by atoms with Crippen molar-refractivity contribution in [2.45, 2.75) is 12.2 Å². The van der Waals surface area contributed by atoms with E-state index in [0.717, 1.165) is 12.1 Å². The maximum absolute atomic E-state index is 13.3. The molecular weight excluding hydrogens is 214 g/mol. The van der Waals surface area contributed by atoms with E-state index in [-0.39, 0.29) is 5.56 Å². The lowest BCUT2D eigenvalue weighted by Gasteiger charge is -2.14. The normalized spacial score (nSPS) is 14.0.